The van der Waals surface area contributed by atoms with Crippen LogP contribution in [0.4, 0.5) is 17.1 Å². The molecular formula is C14H13N3O3. The van der Waals surface area contributed by atoms with Gasteiger partial charge in [-0.1, -0.05) is 18.2 Å². The molecule has 0 spiro atoms. The third-order valence-electron chi connectivity index (χ3n) is 2.88. The van der Waals surface area contributed by atoms with Crippen LogP contribution in [0.2, 0.25) is 0 Å². The Morgan fingerprint density at radius 2 is 1.95 bits per heavy atom. The number of aryl methyl sites for hydroxylation is 1. The summed E-state index contributed by atoms with van der Waals surface area (Å²) in [5.74, 6) is -0.360. The second-order valence-electron chi connectivity index (χ2n) is 4.30. The summed E-state index contributed by atoms with van der Waals surface area (Å²) in [6.07, 6.45) is 0. The van der Waals surface area contributed by atoms with Crippen LogP contribution in [-0.2, 0) is 0 Å². The summed E-state index contributed by atoms with van der Waals surface area (Å²) in [7, 11) is 0. The van der Waals surface area contributed by atoms with Crippen molar-refractivity contribution in [3.8, 4) is 0 Å². The number of amides is 1. The van der Waals surface area contributed by atoms with E-state index in [0.29, 0.717) is 5.69 Å². The van der Waals surface area contributed by atoms with E-state index in [1.807, 2.05) is 25.1 Å². The van der Waals surface area contributed by atoms with Gasteiger partial charge in [0.05, 0.1) is 4.92 Å². The second-order valence-corrected chi connectivity index (χ2v) is 4.30. The third-order valence-corrected chi connectivity index (χ3v) is 2.88. The van der Waals surface area contributed by atoms with E-state index in [9.17, 15) is 14.9 Å². The van der Waals surface area contributed by atoms with Crippen molar-refractivity contribution in [3.63, 3.8) is 0 Å². The summed E-state index contributed by atoms with van der Waals surface area (Å²) in [6, 6.07) is 11.2. The number of nitrogens with zero attached hydrogens (tertiary/aromatic N) is 1. The van der Waals surface area contributed by atoms with E-state index in [-0.39, 0.29) is 22.8 Å². The zero-order valence-electron chi connectivity index (χ0n) is 10.8. The molecule has 0 aliphatic carbocycles. The average Bonchev–Trinajstić information content (AvgIpc) is 2.40. The first-order valence-corrected chi connectivity index (χ1v) is 5.90. The fraction of sp³-hybridized carbons (Fsp3) is 0.0714. The Labute approximate surface area is 115 Å². The standard InChI is InChI=1S/C14H13N3O3/c1-9-4-2-3-5-12(9)16-14(18)10-6-7-13(17(19)20)11(15)8-10/h2-8H,15H2,1H3,(H,16,18). The minimum atomic E-state index is -0.585. The lowest BCUT2D eigenvalue weighted by Crippen LogP contribution is -2.13. The second kappa shape index (κ2) is 5.40. The summed E-state index contributed by atoms with van der Waals surface area (Å²) in [6.45, 7) is 1.87. The quantitative estimate of drug-likeness (QED) is 0.509. The van der Waals surface area contributed by atoms with Crippen molar-refractivity contribution < 1.29 is 9.72 Å². The van der Waals surface area contributed by atoms with Crippen molar-refractivity contribution in [1.82, 2.24) is 0 Å². The normalized spacial score (nSPS) is 10.1. The number of para-hydroxylation sites is 1. The number of nitrogen functional groups attached to an aromatic ring is 1. The van der Waals surface area contributed by atoms with Crippen molar-refractivity contribution in [2.24, 2.45) is 0 Å². The number of nitrogens with two attached hydrogens (primary N) is 1. The minimum absolute atomic E-state index is 0.0348. The number of rotatable bonds is 3. The lowest BCUT2D eigenvalue weighted by atomic mass is 10.1. The highest BCUT2D eigenvalue weighted by Crippen LogP contribution is 2.23. The lowest BCUT2D eigenvalue weighted by molar-refractivity contribution is -0.383. The summed E-state index contributed by atoms with van der Waals surface area (Å²) in [5.41, 5.74) is 7.21. The largest absolute Gasteiger partial charge is 0.393 e. The van der Waals surface area contributed by atoms with Gasteiger partial charge in [-0.15, -0.1) is 0 Å². The Morgan fingerprint density at radius 3 is 2.55 bits per heavy atom. The van der Waals surface area contributed by atoms with Gasteiger partial charge < -0.3 is 11.1 Å². The molecule has 1 amide bonds. The van der Waals surface area contributed by atoms with Crippen LogP contribution >= 0.6 is 0 Å². The Balaban J connectivity index is 2.24. The fourth-order valence-electron chi connectivity index (χ4n) is 1.77. The lowest BCUT2D eigenvalue weighted by Gasteiger charge is -2.08. The van der Waals surface area contributed by atoms with Crippen molar-refractivity contribution >= 4 is 23.0 Å². The number of hydrogen-bond donors (Lipinski definition) is 2. The van der Waals surface area contributed by atoms with Crippen molar-refractivity contribution in [3.05, 3.63) is 63.7 Å². The number of benzene rings is 2. The van der Waals surface area contributed by atoms with Gasteiger partial charge in [0.25, 0.3) is 11.6 Å². The molecule has 0 saturated heterocycles. The van der Waals surface area contributed by atoms with Crippen LogP contribution < -0.4 is 11.1 Å². The van der Waals surface area contributed by atoms with E-state index < -0.39 is 4.92 Å². The maximum atomic E-state index is 12.1. The molecule has 0 aliphatic heterocycles. The molecule has 0 atom stereocenters. The molecule has 102 valence electrons. The van der Waals surface area contributed by atoms with Gasteiger partial charge in [0.1, 0.15) is 5.69 Å². The van der Waals surface area contributed by atoms with Gasteiger partial charge in [0.2, 0.25) is 0 Å². The zero-order valence-corrected chi connectivity index (χ0v) is 10.8. The van der Waals surface area contributed by atoms with Crippen LogP contribution in [0.25, 0.3) is 0 Å². The van der Waals surface area contributed by atoms with E-state index in [1.165, 1.54) is 18.2 Å². The molecule has 0 bridgehead atoms. The van der Waals surface area contributed by atoms with Crippen molar-refractivity contribution in [2.75, 3.05) is 11.1 Å². The molecule has 0 aromatic heterocycles. The summed E-state index contributed by atoms with van der Waals surface area (Å²) < 4.78 is 0. The number of hydrogen-bond acceptors (Lipinski definition) is 4. The molecule has 0 radical (unpaired) electrons. The van der Waals surface area contributed by atoms with E-state index in [4.69, 9.17) is 5.73 Å². The molecule has 0 fully saturated rings. The number of nitro benzene ring substituents is 1. The van der Waals surface area contributed by atoms with Gasteiger partial charge in [0.15, 0.2) is 0 Å². The molecule has 20 heavy (non-hydrogen) atoms. The Bertz CT molecular complexity index is 683. The Morgan fingerprint density at radius 1 is 1.25 bits per heavy atom. The predicted molar refractivity (Wildman–Crippen MR) is 76.6 cm³/mol. The molecular weight excluding hydrogens is 258 g/mol. The molecule has 0 aliphatic rings. The molecule has 6 heteroatoms. The molecule has 6 nitrogen and oxygen atoms in total. The molecule has 3 N–H and O–H groups in total. The van der Waals surface area contributed by atoms with Crippen LogP contribution in [0, 0.1) is 17.0 Å². The maximum absolute atomic E-state index is 12.1. The number of carbonyl (C=O) groups is 1. The van der Waals surface area contributed by atoms with Crippen LogP contribution in [0.5, 0.6) is 0 Å². The van der Waals surface area contributed by atoms with Gasteiger partial charge in [-0.25, -0.2) is 0 Å². The first-order chi connectivity index (χ1) is 9.49. The SMILES string of the molecule is Cc1ccccc1NC(=O)c1ccc([N+](=O)[O-])c(N)c1. The van der Waals surface area contributed by atoms with Gasteiger partial charge in [-0.2, -0.15) is 0 Å². The Hall–Kier alpha value is -2.89. The highest BCUT2D eigenvalue weighted by Gasteiger charge is 2.14. The van der Waals surface area contributed by atoms with E-state index in [1.54, 1.807) is 6.07 Å². The van der Waals surface area contributed by atoms with E-state index in [2.05, 4.69) is 5.32 Å². The first-order valence-electron chi connectivity index (χ1n) is 5.90. The molecule has 2 aromatic carbocycles. The van der Waals surface area contributed by atoms with Gasteiger partial charge in [0, 0.05) is 17.3 Å². The summed E-state index contributed by atoms with van der Waals surface area (Å²) in [5, 5.41) is 13.4. The van der Waals surface area contributed by atoms with Crippen molar-refractivity contribution in [2.45, 2.75) is 6.92 Å². The number of carbonyl (C=O) groups excluding carboxylic acids is 1. The Kier molecular flexibility index (Phi) is 3.65. The molecule has 2 rings (SSSR count). The third kappa shape index (κ3) is 2.74. The van der Waals surface area contributed by atoms with Crippen LogP contribution in [0.3, 0.4) is 0 Å². The smallest absolute Gasteiger partial charge is 0.292 e. The van der Waals surface area contributed by atoms with Gasteiger partial charge >= 0.3 is 0 Å². The topological polar surface area (TPSA) is 98.3 Å². The maximum Gasteiger partial charge on any atom is 0.292 e. The zero-order chi connectivity index (χ0) is 14.7. The molecule has 2 aromatic rings. The first kappa shape index (κ1) is 13.5. The summed E-state index contributed by atoms with van der Waals surface area (Å²) >= 11 is 0. The molecule has 0 heterocycles. The number of anilines is 2. The van der Waals surface area contributed by atoms with Crippen molar-refractivity contribution in [1.29, 1.82) is 0 Å². The highest BCUT2D eigenvalue weighted by molar-refractivity contribution is 6.05. The molecule has 0 unspecified atom stereocenters. The summed E-state index contributed by atoms with van der Waals surface area (Å²) in [4.78, 5) is 22.1. The van der Waals surface area contributed by atoms with E-state index >= 15 is 0 Å². The molecule has 0 saturated carbocycles. The number of nitrogens with one attached hydrogen (secondary N) is 1. The monoisotopic (exact) mass is 271 g/mol. The van der Waals surface area contributed by atoms with Crippen LogP contribution in [-0.4, -0.2) is 10.8 Å². The number of nitro groups is 1. The predicted octanol–water partition coefficient (Wildman–Crippen LogP) is 2.74. The van der Waals surface area contributed by atoms with Gasteiger partial charge in [-0.05, 0) is 30.7 Å². The highest BCUT2D eigenvalue weighted by atomic mass is 16.6. The average molecular weight is 271 g/mol. The van der Waals surface area contributed by atoms with E-state index in [0.717, 1.165) is 5.56 Å². The fourth-order valence-corrected chi connectivity index (χ4v) is 1.77. The van der Waals surface area contributed by atoms with Crippen LogP contribution in [0.1, 0.15) is 15.9 Å². The van der Waals surface area contributed by atoms with Gasteiger partial charge in [-0.3, -0.25) is 14.9 Å². The van der Waals surface area contributed by atoms with Crippen LogP contribution in [0.15, 0.2) is 42.5 Å². The minimum Gasteiger partial charge on any atom is -0.393 e.